The van der Waals surface area contributed by atoms with E-state index >= 15 is 0 Å². The third-order valence-corrected chi connectivity index (χ3v) is 6.84. The molecule has 5 heterocycles. The van der Waals surface area contributed by atoms with Crippen LogP contribution in [-0.4, -0.2) is 35.7 Å². The van der Waals surface area contributed by atoms with Crippen LogP contribution in [-0.2, 0) is 7.05 Å². The number of hydrogen-bond acceptors (Lipinski definition) is 5. The number of carbonyl (C=O) groups is 1. The van der Waals surface area contributed by atoms with Crippen LogP contribution in [0.5, 0.6) is 0 Å². The number of carbonyl (C=O) groups excluding carboxylic acids is 1. The van der Waals surface area contributed by atoms with Gasteiger partial charge in [-0.05, 0) is 42.8 Å². The topological polar surface area (TPSA) is 92.2 Å². The van der Waals surface area contributed by atoms with Crippen molar-refractivity contribution in [3.05, 3.63) is 66.1 Å². The summed E-state index contributed by atoms with van der Waals surface area (Å²) in [6, 6.07) is 12.2. The summed E-state index contributed by atoms with van der Waals surface area (Å²) < 4.78 is 1.80. The average Bonchev–Trinajstić information content (AvgIpc) is 3.56. The summed E-state index contributed by atoms with van der Waals surface area (Å²) in [5.74, 6) is 0.0727. The molecule has 0 aliphatic carbocycles. The van der Waals surface area contributed by atoms with Gasteiger partial charge in [-0.25, -0.2) is 0 Å². The van der Waals surface area contributed by atoms with E-state index in [-0.39, 0.29) is 5.78 Å². The van der Waals surface area contributed by atoms with Crippen molar-refractivity contribution < 1.29 is 4.79 Å². The number of benzene rings is 1. The first kappa shape index (κ1) is 18.7. The summed E-state index contributed by atoms with van der Waals surface area (Å²) in [5.41, 5.74) is 6.80. The molecule has 0 aliphatic rings. The van der Waals surface area contributed by atoms with Gasteiger partial charge in [0.15, 0.2) is 5.78 Å². The number of H-pyrrole nitrogens is 2. The number of nitrogens with one attached hydrogen (secondary N) is 2. The highest BCUT2D eigenvalue weighted by atomic mass is 32.1. The highest BCUT2D eigenvalue weighted by Crippen LogP contribution is 2.37. The molecule has 0 spiro atoms. The number of ketones is 1. The molecule has 2 N–H and O–H groups in total. The number of pyridine rings is 1. The zero-order valence-electron chi connectivity index (χ0n) is 17.4. The van der Waals surface area contributed by atoms with Gasteiger partial charge < -0.3 is 4.98 Å². The molecule has 0 unspecified atom stereocenters. The number of Topliss-reactive ketones (excluding diaryl/α,β-unsaturated/α-hetero) is 1. The smallest absolute Gasteiger partial charge is 0.169 e. The Morgan fingerprint density at radius 2 is 1.91 bits per heavy atom. The standard InChI is InChI=1S/C24H18N6OS/c1-13(31)22-5-6-23(32-22)18-10-25-11-21-16(18)8-20(27-21)24-17-7-14(3-4-19(17)28-29-24)15-9-26-30(2)12-15/h3-12,27H,1-2H3,(H,28,29). The van der Waals surface area contributed by atoms with Crippen molar-refractivity contribution in [1.82, 2.24) is 29.9 Å². The molecule has 0 saturated heterocycles. The number of hydrogen-bond donors (Lipinski definition) is 2. The summed E-state index contributed by atoms with van der Waals surface area (Å²) in [7, 11) is 1.91. The average molecular weight is 439 g/mol. The molecule has 32 heavy (non-hydrogen) atoms. The number of fused-ring (bicyclic) bond motifs is 2. The van der Waals surface area contributed by atoms with E-state index in [1.807, 2.05) is 50.0 Å². The second kappa shape index (κ2) is 7.00. The van der Waals surface area contributed by atoms with E-state index in [0.717, 1.165) is 59.6 Å². The number of thiophene rings is 1. The van der Waals surface area contributed by atoms with Crippen LogP contribution in [0.25, 0.3) is 54.8 Å². The van der Waals surface area contributed by atoms with Gasteiger partial charge in [0.05, 0.1) is 34.0 Å². The lowest BCUT2D eigenvalue weighted by atomic mass is 10.1. The van der Waals surface area contributed by atoms with Crippen LogP contribution >= 0.6 is 11.3 Å². The van der Waals surface area contributed by atoms with Gasteiger partial charge in [-0.2, -0.15) is 10.2 Å². The molecular weight excluding hydrogens is 420 g/mol. The molecule has 0 radical (unpaired) electrons. The molecule has 5 aromatic heterocycles. The maximum Gasteiger partial charge on any atom is 0.169 e. The molecular formula is C24H18N6OS. The van der Waals surface area contributed by atoms with Crippen molar-refractivity contribution in [2.24, 2.45) is 7.05 Å². The van der Waals surface area contributed by atoms with Crippen molar-refractivity contribution in [3.63, 3.8) is 0 Å². The van der Waals surface area contributed by atoms with Crippen LogP contribution in [0.2, 0.25) is 0 Å². The van der Waals surface area contributed by atoms with Crippen molar-refractivity contribution in [1.29, 1.82) is 0 Å². The number of aromatic nitrogens is 6. The fourth-order valence-corrected chi connectivity index (χ4v) is 4.94. The minimum absolute atomic E-state index is 0.0727. The first-order chi connectivity index (χ1) is 15.6. The van der Waals surface area contributed by atoms with Gasteiger partial charge in [0.1, 0.15) is 5.69 Å². The van der Waals surface area contributed by atoms with Gasteiger partial charge in [-0.15, -0.1) is 11.3 Å². The van der Waals surface area contributed by atoms with Crippen molar-refractivity contribution in [3.8, 4) is 33.0 Å². The molecule has 6 aromatic rings. The molecule has 0 fully saturated rings. The molecule has 0 aliphatic heterocycles. The summed E-state index contributed by atoms with van der Waals surface area (Å²) in [6.45, 7) is 1.59. The van der Waals surface area contributed by atoms with E-state index in [2.05, 4.69) is 43.5 Å². The third-order valence-electron chi connectivity index (χ3n) is 5.62. The lowest BCUT2D eigenvalue weighted by Crippen LogP contribution is -1.84. The van der Waals surface area contributed by atoms with Crippen molar-refractivity contribution in [2.45, 2.75) is 6.92 Å². The molecule has 0 atom stereocenters. The molecule has 0 bridgehead atoms. The summed E-state index contributed by atoms with van der Waals surface area (Å²) >= 11 is 1.49. The zero-order valence-corrected chi connectivity index (χ0v) is 18.2. The largest absolute Gasteiger partial charge is 0.352 e. The van der Waals surface area contributed by atoms with E-state index in [1.165, 1.54) is 11.3 Å². The Labute approximate surface area is 186 Å². The quantitative estimate of drug-likeness (QED) is 0.359. The summed E-state index contributed by atoms with van der Waals surface area (Å²) in [5, 5.41) is 14.1. The number of nitrogens with zero attached hydrogens (tertiary/aromatic N) is 4. The Balaban J connectivity index is 1.49. The first-order valence-electron chi connectivity index (χ1n) is 10.1. The maximum atomic E-state index is 11.7. The predicted octanol–water partition coefficient (Wildman–Crippen LogP) is 5.44. The van der Waals surface area contributed by atoms with Crippen LogP contribution in [0.15, 0.2) is 61.2 Å². The van der Waals surface area contributed by atoms with Gasteiger partial charge in [-0.3, -0.25) is 19.6 Å². The van der Waals surface area contributed by atoms with Gasteiger partial charge in [0.2, 0.25) is 0 Å². The van der Waals surface area contributed by atoms with Gasteiger partial charge >= 0.3 is 0 Å². The van der Waals surface area contributed by atoms with Crippen LogP contribution in [0.1, 0.15) is 16.6 Å². The Morgan fingerprint density at radius 1 is 1.00 bits per heavy atom. The minimum atomic E-state index is 0.0727. The Bertz CT molecular complexity index is 1630. The maximum absolute atomic E-state index is 11.7. The summed E-state index contributed by atoms with van der Waals surface area (Å²) in [4.78, 5) is 21.4. The van der Waals surface area contributed by atoms with Crippen LogP contribution < -0.4 is 0 Å². The Hall–Kier alpha value is -4.04. The van der Waals surface area contributed by atoms with E-state index in [0.29, 0.717) is 0 Å². The zero-order chi connectivity index (χ0) is 21.8. The molecule has 156 valence electrons. The van der Waals surface area contributed by atoms with Crippen molar-refractivity contribution in [2.75, 3.05) is 0 Å². The lowest BCUT2D eigenvalue weighted by Gasteiger charge is -1.99. The van der Waals surface area contributed by atoms with Crippen LogP contribution in [0.4, 0.5) is 0 Å². The highest BCUT2D eigenvalue weighted by molar-refractivity contribution is 7.17. The number of aryl methyl sites for hydroxylation is 1. The molecule has 6 rings (SSSR count). The predicted molar refractivity (Wildman–Crippen MR) is 127 cm³/mol. The Kier molecular flexibility index (Phi) is 4.09. The van der Waals surface area contributed by atoms with Gasteiger partial charge in [0.25, 0.3) is 0 Å². The van der Waals surface area contributed by atoms with E-state index in [9.17, 15) is 4.79 Å². The van der Waals surface area contributed by atoms with Gasteiger partial charge in [0, 0.05) is 46.2 Å². The van der Waals surface area contributed by atoms with E-state index in [4.69, 9.17) is 0 Å². The minimum Gasteiger partial charge on any atom is -0.352 e. The fourth-order valence-electron chi connectivity index (χ4n) is 4.02. The lowest BCUT2D eigenvalue weighted by molar-refractivity contribution is 0.102. The molecule has 8 heteroatoms. The van der Waals surface area contributed by atoms with E-state index < -0.39 is 0 Å². The Morgan fingerprint density at radius 3 is 2.69 bits per heavy atom. The SMILES string of the molecule is CC(=O)c1ccc(-c2cncc3[nH]c(-c4n[nH]c5ccc(-c6cnn(C)c6)cc45)cc23)s1. The third kappa shape index (κ3) is 2.96. The van der Waals surface area contributed by atoms with Crippen LogP contribution in [0.3, 0.4) is 0 Å². The number of rotatable bonds is 4. The normalized spacial score (nSPS) is 11.6. The second-order valence-electron chi connectivity index (χ2n) is 7.79. The monoisotopic (exact) mass is 438 g/mol. The molecule has 0 amide bonds. The first-order valence-corrected chi connectivity index (χ1v) is 10.9. The highest BCUT2D eigenvalue weighted by Gasteiger charge is 2.16. The molecule has 0 saturated carbocycles. The molecule has 7 nitrogen and oxygen atoms in total. The van der Waals surface area contributed by atoms with Gasteiger partial charge in [-0.1, -0.05) is 6.07 Å². The number of aromatic amines is 2. The van der Waals surface area contributed by atoms with Crippen molar-refractivity contribution >= 4 is 38.9 Å². The second-order valence-corrected chi connectivity index (χ2v) is 8.87. The summed E-state index contributed by atoms with van der Waals surface area (Å²) in [6.07, 6.45) is 7.52. The fraction of sp³-hybridized carbons (Fsp3) is 0.0833. The van der Waals surface area contributed by atoms with E-state index in [1.54, 1.807) is 11.6 Å². The van der Waals surface area contributed by atoms with Crippen LogP contribution in [0, 0.1) is 0 Å². The molecule has 1 aromatic carbocycles.